The van der Waals surface area contributed by atoms with Crippen LogP contribution in [0.4, 0.5) is 4.39 Å². The first-order valence-electron chi connectivity index (χ1n) is 6.66. The fourth-order valence-corrected chi connectivity index (χ4v) is 2.25. The molecule has 2 aromatic rings. The number of phenolic OH excluding ortho intramolecular Hbond substituents is 1. The van der Waals surface area contributed by atoms with Gasteiger partial charge in [0.05, 0.1) is 5.92 Å². The van der Waals surface area contributed by atoms with Crippen molar-refractivity contribution in [1.82, 2.24) is 0 Å². The Morgan fingerprint density at radius 2 is 1.82 bits per heavy atom. The van der Waals surface area contributed by atoms with Crippen LogP contribution in [0, 0.1) is 15.9 Å². The highest BCUT2D eigenvalue weighted by molar-refractivity contribution is 5.96. The molecule has 1 N–H and O–H groups in total. The quantitative estimate of drug-likeness (QED) is 0.505. The van der Waals surface area contributed by atoms with Crippen LogP contribution in [-0.4, -0.2) is 22.4 Å². The van der Waals surface area contributed by atoms with Gasteiger partial charge in [0, 0.05) is 16.9 Å². The predicted octanol–water partition coefficient (Wildman–Crippen LogP) is 3.16. The van der Waals surface area contributed by atoms with E-state index in [1.165, 1.54) is 42.5 Å². The molecule has 0 bridgehead atoms. The van der Waals surface area contributed by atoms with Crippen molar-refractivity contribution < 1.29 is 19.2 Å². The van der Waals surface area contributed by atoms with Crippen LogP contribution in [0.25, 0.3) is 0 Å². The average molecular weight is 303 g/mol. The van der Waals surface area contributed by atoms with Gasteiger partial charge in [-0.25, -0.2) is 4.39 Å². The summed E-state index contributed by atoms with van der Waals surface area (Å²) in [5, 5.41) is 20.0. The zero-order valence-corrected chi connectivity index (χ0v) is 11.6. The molecule has 6 heteroatoms. The van der Waals surface area contributed by atoms with E-state index < -0.39 is 23.2 Å². The van der Waals surface area contributed by atoms with Crippen LogP contribution in [0.3, 0.4) is 0 Å². The Balaban J connectivity index is 2.23. The molecule has 114 valence electrons. The van der Waals surface area contributed by atoms with Gasteiger partial charge in [0.25, 0.3) is 0 Å². The van der Waals surface area contributed by atoms with E-state index >= 15 is 0 Å². The molecule has 0 saturated heterocycles. The second-order valence-electron chi connectivity index (χ2n) is 4.91. The summed E-state index contributed by atoms with van der Waals surface area (Å²) in [4.78, 5) is 22.4. The third kappa shape index (κ3) is 3.88. The van der Waals surface area contributed by atoms with Crippen molar-refractivity contribution in [3.05, 3.63) is 75.6 Å². The lowest BCUT2D eigenvalue weighted by molar-refractivity contribution is -0.483. The molecule has 5 nitrogen and oxygen atoms in total. The number of carbonyl (C=O) groups is 1. The largest absolute Gasteiger partial charge is 0.508 e. The number of benzene rings is 2. The van der Waals surface area contributed by atoms with Crippen LogP contribution in [0.1, 0.15) is 28.3 Å². The van der Waals surface area contributed by atoms with E-state index in [0.717, 1.165) is 0 Å². The van der Waals surface area contributed by atoms with Gasteiger partial charge in [-0.3, -0.25) is 14.9 Å². The maximum absolute atomic E-state index is 13.8. The summed E-state index contributed by atoms with van der Waals surface area (Å²) < 4.78 is 13.8. The number of rotatable bonds is 6. The van der Waals surface area contributed by atoms with Crippen LogP contribution in [0.15, 0.2) is 48.5 Å². The monoisotopic (exact) mass is 303 g/mol. The van der Waals surface area contributed by atoms with Crippen LogP contribution in [-0.2, 0) is 0 Å². The Kier molecular flexibility index (Phi) is 4.83. The van der Waals surface area contributed by atoms with Gasteiger partial charge in [0.2, 0.25) is 6.54 Å². The second kappa shape index (κ2) is 6.80. The van der Waals surface area contributed by atoms with E-state index in [1.807, 2.05) is 0 Å². The minimum absolute atomic E-state index is 0.0208. The minimum atomic E-state index is -0.836. The summed E-state index contributed by atoms with van der Waals surface area (Å²) in [5.41, 5.74) is 0.480. The van der Waals surface area contributed by atoms with Crippen LogP contribution < -0.4 is 0 Å². The summed E-state index contributed by atoms with van der Waals surface area (Å²) in [6, 6.07) is 11.3. The van der Waals surface area contributed by atoms with Crippen LogP contribution in [0.5, 0.6) is 5.75 Å². The molecule has 1 atom stereocenters. The fraction of sp³-hybridized carbons (Fsp3) is 0.188. The van der Waals surface area contributed by atoms with Crippen molar-refractivity contribution in [2.45, 2.75) is 12.3 Å². The van der Waals surface area contributed by atoms with E-state index in [2.05, 4.69) is 0 Å². The maximum Gasteiger partial charge on any atom is 0.211 e. The third-order valence-electron chi connectivity index (χ3n) is 3.34. The third-order valence-corrected chi connectivity index (χ3v) is 3.34. The number of hydrogen-bond donors (Lipinski definition) is 1. The Morgan fingerprint density at radius 1 is 1.18 bits per heavy atom. The SMILES string of the molecule is O=C(CC(C[N+](=O)[O-])c1ccccc1F)c1ccc(O)cc1. The molecule has 0 fully saturated rings. The Bertz CT molecular complexity index is 685. The Labute approximate surface area is 126 Å². The first kappa shape index (κ1) is 15.6. The van der Waals surface area contributed by atoms with Gasteiger partial charge in [-0.05, 0) is 35.9 Å². The number of Topliss-reactive ketones (excluding diaryl/α,β-unsaturated/α-hetero) is 1. The van der Waals surface area contributed by atoms with Gasteiger partial charge in [0.1, 0.15) is 11.6 Å². The lowest BCUT2D eigenvalue weighted by Gasteiger charge is -2.13. The second-order valence-corrected chi connectivity index (χ2v) is 4.91. The average Bonchev–Trinajstić information content (AvgIpc) is 2.47. The Morgan fingerprint density at radius 3 is 2.41 bits per heavy atom. The van der Waals surface area contributed by atoms with Crippen LogP contribution in [0.2, 0.25) is 0 Å². The van der Waals surface area contributed by atoms with Gasteiger partial charge in [0.15, 0.2) is 5.78 Å². The molecule has 0 heterocycles. The van der Waals surface area contributed by atoms with Crippen molar-refractivity contribution in [2.24, 2.45) is 0 Å². The first-order chi connectivity index (χ1) is 10.5. The lowest BCUT2D eigenvalue weighted by Crippen LogP contribution is -2.17. The van der Waals surface area contributed by atoms with Crippen molar-refractivity contribution in [3.63, 3.8) is 0 Å². The smallest absolute Gasteiger partial charge is 0.211 e. The molecule has 0 spiro atoms. The number of halogens is 1. The molecule has 2 aromatic carbocycles. The molecule has 2 rings (SSSR count). The zero-order valence-electron chi connectivity index (χ0n) is 11.6. The minimum Gasteiger partial charge on any atom is -0.508 e. The molecule has 1 unspecified atom stereocenters. The lowest BCUT2D eigenvalue weighted by atomic mass is 9.91. The number of aromatic hydroxyl groups is 1. The summed E-state index contributed by atoms with van der Waals surface area (Å²) in [6.45, 7) is -0.523. The molecule has 22 heavy (non-hydrogen) atoms. The van der Waals surface area contributed by atoms with E-state index in [4.69, 9.17) is 0 Å². The maximum atomic E-state index is 13.8. The molecule has 0 aliphatic carbocycles. The topological polar surface area (TPSA) is 80.4 Å². The summed E-state index contributed by atoms with van der Waals surface area (Å²) in [5.74, 6) is -1.71. The van der Waals surface area contributed by atoms with Crippen molar-refractivity contribution >= 4 is 5.78 Å². The zero-order chi connectivity index (χ0) is 16.1. The molecule has 0 saturated carbocycles. The molecular formula is C16H14FNO4. The summed E-state index contributed by atoms with van der Waals surface area (Å²) >= 11 is 0. The molecule has 0 amide bonds. The van der Waals surface area contributed by atoms with Gasteiger partial charge in [-0.2, -0.15) is 0 Å². The fourth-order valence-electron chi connectivity index (χ4n) is 2.25. The molecular weight excluding hydrogens is 289 g/mol. The molecule has 0 radical (unpaired) electrons. The van der Waals surface area contributed by atoms with E-state index in [1.54, 1.807) is 6.07 Å². The van der Waals surface area contributed by atoms with E-state index in [0.29, 0.717) is 5.56 Å². The first-order valence-corrected chi connectivity index (χ1v) is 6.66. The highest BCUT2D eigenvalue weighted by atomic mass is 19.1. The molecule has 0 aromatic heterocycles. The van der Waals surface area contributed by atoms with Gasteiger partial charge in [-0.15, -0.1) is 0 Å². The van der Waals surface area contributed by atoms with Gasteiger partial charge in [-0.1, -0.05) is 18.2 Å². The predicted molar refractivity (Wildman–Crippen MR) is 78.1 cm³/mol. The number of ketones is 1. The number of phenols is 1. The van der Waals surface area contributed by atoms with E-state index in [9.17, 15) is 24.4 Å². The number of nitrogens with zero attached hydrogens (tertiary/aromatic N) is 1. The van der Waals surface area contributed by atoms with Crippen molar-refractivity contribution in [2.75, 3.05) is 6.54 Å². The van der Waals surface area contributed by atoms with Crippen LogP contribution >= 0.6 is 0 Å². The highest BCUT2D eigenvalue weighted by Gasteiger charge is 2.24. The summed E-state index contributed by atoms with van der Waals surface area (Å²) in [7, 11) is 0. The standard InChI is InChI=1S/C16H14FNO4/c17-15-4-2-1-3-14(15)12(10-18(21)22)9-16(20)11-5-7-13(19)8-6-11/h1-8,12,19H,9-10H2. The normalized spacial score (nSPS) is 11.9. The van der Waals surface area contributed by atoms with Gasteiger partial charge >= 0.3 is 0 Å². The summed E-state index contributed by atoms with van der Waals surface area (Å²) in [6.07, 6.45) is -0.174. The molecule has 0 aliphatic heterocycles. The Hall–Kier alpha value is -2.76. The number of hydrogen-bond acceptors (Lipinski definition) is 4. The number of carbonyl (C=O) groups excluding carboxylic acids is 1. The highest BCUT2D eigenvalue weighted by Crippen LogP contribution is 2.25. The van der Waals surface area contributed by atoms with Gasteiger partial charge < -0.3 is 5.11 Å². The van der Waals surface area contributed by atoms with Crippen molar-refractivity contribution in [1.29, 1.82) is 0 Å². The van der Waals surface area contributed by atoms with Crippen molar-refractivity contribution in [3.8, 4) is 5.75 Å². The molecule has 0 aliphatic rings. The van der Waals surface area contributed by atoms with E-state index in [-0.39, 0.29) is 23.5 Å². The number of nitro groups is 1.